The van der Waals surface area contributed by atoms with E-state index in [1.165, 1.54) is 6.07 Å². The minimum absolute atomic E-state index is 0.309. The molecule has 252 valence electrons. The third-order valence-corrected chi connectivity index (χ3v) is 9.83. The van der Waals surface area contributed by atoms with Gasteiger partial charge >= 0.3 is 12.1 Å². The van der Waals surface area contributed by atoms with E-state index in [0.717, 1.165) is 45.6 Å². The van der Waals surface area contributed by atoms with Crippen molar-refractivity contribution < 1.29 is 27.8 Å². The number of thiol groups is 1. The largest absolute Gasteiger partial charge is 0.481 e. The van der Waals surface area contributed by atoms with Crippen LogP contribution < -0.4 is 4.74 Å². The molecule has 0 aliphatic carbocycles. The van der Waals surface area contributed by atoms with Gasteiger partial charge in [-0.25, -0.2) is 4.98 Å². The Labute approximate surface area is 284 Å². The molecule has 0 bridgehead atoms. The van der Waals surface area contributed by atoms with Gasteiger partial charge in [0.25, 0.3) is 0 Å². The summed E-state index contributed by atoms with van der Waals surface area (Å²) in [7, 11) is 0. The number of carboxylic acids is 1. The molecule has 5 rings (SSSR count). The van der Waals surface area contributed by atoms with Gasteiger partial charge in [0.2, 0.25) is 5.88 Å². The van der Waals surface area contributed by atoms with Crippen molar-refractivity contribution in [3.63, 3.8) is 0 Å². The summed E-state index contributed by atoms with van der Waals surface area (Å²) in [6.07, 6.45) is -1.14. The highest BCUT2D eigenvalue weighted by molar-refractivity contribution is 7.80. The average molecular weight is 676 g/mol. The molecule has 3 aromatic heterocycles. The molecular formula is C38H40F3N3O3S. The lowest BCUT2D eigenvalue weighted by atomic mass is 9.74. The van der Waals surface area contributed by atoms with E-state index in [1.807, 2.05) is 62.4 Å². The van der Waals surface area contributed by atoms with Crippen LogP contribution in [-0.4, -0.2) is 25.6 Å². The zero-order valence-electron chi connectivity index (χ0n) is 27.7. The first-order valence-electron chi connectivity index (χ1n) is 15.9. The zero-order chi connectivity index (χ0) is 34.9. The van der Waals surface area contributed by atoms with Crippen molar-refractivity contribution in [2.75, 3.05) is 0 Å². The standard InChI is InChI=1S/C38H40F3N3O3S/c1-6-37(7-2,35(45)46)34(48)33-32(36(3,4)5)28-20-25(23-47-31-10-8-9-19-42-31)13-18-30(28)44(33)22-24-11-14-26(15-12-24)29-17-16-27(21-43-29)38(39,40)41/h8-21,34,48H,6-7,22-23H2,1-5H3,(H,45,46). The molecular weight excluding hydrogens is 635 g/mol. The summed E-state index contributed by atoms with van der Waals surface area (Å²) in [5, 5.41) is 10.9. The van der Waals surface area contributed by atoms with Crippen molar-refractivity contribution in [2.24, 2.45) is 5.41 Å². The molecule has 3 heterocycles. The average Bonchev–Trinajstić information content (AvgIpc) is 3.38. The van der Waals surface area contributed by atoms with Gasteiger partial charge in [0.15, 0.2) is 0 Å². The smallest absolute Gasteiger partial charge is 0.417 e. The van der Waals surface area contributed by atoms with E-state index in [2.05, 4.69) is 41.4 Å². The molecule has 1 atom stereocenters. The first-order valence-corrected chi connectivity index (χ1v) is 16.4. The Balaban J connectivity index is 1.62. The quantitative estimate of drug-likeness (QED) is 0.136. The topological polar surface area (TPSA) is 77.2 Å². The van der Waals surface area contributed by atoms with E-state index in [1.54, 1.807) is 12.3 Å². The zero-order valence-corrected chi connectivity index (χ0v) is 28.6. The maximum Gasteiger partial charge on any atom is 0.417 e. The molecule has 0 spiro atoms. The fourth-order valence-electron chi connectivity index (χ4n) is 6.36. The monoisotopic (exact) mass is 675 g/mol. The van der Waals surface area contributed by atoms with Gasteiger partial charge in [-0.1, -0.05) is 71.0 Å². The molecule has 0 radical (unpaired) electrons. The number of aromatic nitrogens is 3. The van der Waals surface area contributed by atoms with E-state index < -0.39 is 28.4 Å². The summed E-state index contributed by atoms with van der Waals surface area (Å²) in [5.41, 5.74) is 3.53. The van der Waals surface area contributed by atoms with Gasteiger partial charge < -0.3 is 14.4 Å². The molecule has 0 aliphatic heterocycles. The molecule has 0 amide bonds. The Morgan fingerprint density at radius 3 is 2.17 bits per heavy atom. The maximum absolute atomic E-state index is 13.1. The second-order valence-corrected chi connectivity index (χ2v) is 13.6. The highest BCUT2D eigenvalue weighted by Gasteiger charge is 2.45. The lowest BCUT2D eigenvalue weighted by Crippen LogP contribution is -2.36. The molecule has 0 fully saturated rings. The van der Waals surface area contributed by atoms with E-state index in [0.29, 0.717) is 43.1 Å². The van der Waals surface area contributed by atoms with Crippen LogP contribution in [-0.2, 0) is 29.5 Å². The Hall–Kier alpha value is -4.31. The molecule has 0 saturated carbocycles. The molecule has 1 unspecified atom stereocenters. The van der Waals surface area contributed by atoms with E-state index in [4.69, 9.17) is 17.4 Å². The van der Waals surface area contributed by atoms with E-state index >= 15 is 0 Å². The number of halogens is 3. The van der Waals surface area contributed by atoms with Gasteiger partial charge in [-0.05, 0) is 65.3 Å². The van der Waals surface area contributed by atoms with Crippen molar-refractivity contribution in [2.45, 2.75) is 77.5 Å². The van der Waals surface area contributed by atoms with Gasteiger partial charge in [-0.3, -0.25) is 9.78 Å². The van der Waals surface area contributed by atoms with Gasteiger partial charge in [0.05, 0.1) is 21.9 Å². The third kappa shape index (κ3) is 6.95. The van der Waals surface area contributed by atoms with Gasteiger partial charge in [0, 0.05) is 47.2 Å². The number of carbonyl (C=O) groups is 1. The molecule has 1 N–H and O–H groups in total. The summed E-state index contributed by atoms with van der Waals surface area (Å²) in [6.45, 7) is 10.9. The van der Waals surface area contributed by atoms with Crippen molar-refractivity contribution in [1.82, 2.24) is 14.5 Å². The molecule has 48 heavy (non-hydrogen) atoms. The van der Waals surface area contributed by atoms with Crippen LogP contribution in [0.15, 0.2) is 85.2 Å². The first-order chi connectivity index (χ1) is 22.7. The second kappa shape index (κ2) is 13.7. The normalized spacial score (nSPS) is 13.1. The lowest BCUT2D eigenvalue weighted by molar-refractivity contribution is -0.149. The number of pyridine rings is 2. The Kier molecular flexibility index (Phi) is 9.97. The van der Waals surface area contributed by atoms with Crippen molar-refractivity contribution in [1.29, 1.82) is 0 Å². The third-order valence-electron chi connectivity index (χ3n) is 9.09. The van der Waals surface area contributed by atoms with Crippen molar-refractivity contribution in [3.05, 3.63) is 113 Å². The van der Waals surface area contributed by atoms with Gasteiger partial charge in [0.1, 0.15) is 6.61 Å². The summed E-state index contributed by atoms with van der Waals surface area (Å²) in [5.74, 6) is -0.364. The number of carboxylic acid groups (broad SMARTS) is 1. The molecule has 0 saturated heterocycles. The Bertz CT molecular complexity index is 1880. The number of benzene rings is 2. The molecule has 2 aromatic carbocycles. The number of alkyl halides is 3. The van der Waals surface area contributed by atoms with Crippen molar-refractivity contribution >= 4 is 29.5 Å². The van der Waals surface area contributed by atoms with Crippen LogP contribution in [0.1, 0.15) is 80.7 Å². The predicted octanol–water partition coefficient (Wildman–Crippen LogP) is 9.90. The van der Waals surface area contributed by atoms with Gasteiger partial charge in [-0.15, -0.1) is 0 Å². The summed E-state index contributed by atoms with van der Waals surface area (Å²) in [6, 6.07) is 21.6. The number of nitrogens with zero attached hydrogens (tertiary/aromatic N) is 3. The Morgan fingerprint density at radius 2 is 1.62 bits per heavy atom. The van der Waals surface area contributed by atoms with Gasteiger partial charge in [-0.2, -0.15) is 25.8 Å². The fraction of sp³-hybridized carbons (Fsp3) is 0.342. The highest BCUT2D eigenvalue weighted by Crippen LogP contribution is 2.50. The van der Waals surface area contributed by atoms with Crippen LogP contribution in [0.3, 0.4) is 0 Å². The predicted molar refractivity (Wildman–Crippen MR) is 185 cm³/mol. The molecule has 10 heteroatoms. The van der Waals surface area contributed by atoms with Crippen molar-refractivity contribution in [3.8, 4) is 17.1 Å². The van der Waals surface area contributed by atoms with Crippen LogP contribution in [0.5, 0.6) is 5.88 Å². The van der Waals surface area contributed by atoms with Crippen LogP contribution in [0.2, 0.25) is 0 Å². The molecule has 0 aliphatic rings. The van der Waals surface area contributed by atoms with Crippen LogP contribution in [0.25, 0.3) is 22.2 Å². The summed E-state index contributed by atoms with van der Waals surface area (Å²) in [4.78, 5) is 21.2. The fourth-order valence-corrected chi connectivity index (χ4v) is 7.10. The van der Waals surface area contributed by atoms with Crippen LogP contribution in [0.4, 0.5) is 13.2 Å². The molecule has 6 nitrogen and oxygen atoms in total. The number of rotatable bonds is 11. The number of hydrogen-bond donors (Lipinski definition) is 2. The minimum atomic E-state index is -4.45. The minimum Gasteiger partial charge on any atom is -0.481 e. The molecule has 5 aromatic rings. The number of aliphatic carboxylic acids is 1. The summed E-state index contributed by atoms with van der Waals surface area (Å²) >= 11 is 5.13. The number of ether oxygens (including phenoxy) is 1. The number of hydrogen-bond acceptors (Lipinski definition) is 5. The maximum atomic E-state index is 13.1. The number of fused-ring (bicyclic) bond motifs is 1. The van der Waals surface area contributed by atoms with Crippen LogP contribution >= 0.6 is 12.6 Å². The van der Waals surface area contributed by atoms with E-state index in [9.17, 15) is 23.1 Å². The van der Waals surface area contributed by atoms with E-state index in [-0.39, 0.29) is 5.41 Å². The lowest BCUT2D eigenvalue weighted by Gasteiger charge is -2.36. The SMILES string of the molecule is CCC(CC)(C(=O)O)C(S)c1c(C(C)(C)C)c2cc(COc3ccccn3)ccc2n1Cc1ccc(-c2ccc(C(F)(F)F)cn2)cc1. The summed E-state index contributed by atoms with van der Waals surface area (Å²) < 4.78 is 47.3. The second-order valence-electron chi connectivity index (χ2n) is 13.1. The van der Waals surface area contributed by atoms with Crippen LogP contribution in [0, 0.1) is 5.41 Å². The Morgan fingerprint density at radius 1 is 0.938 bits per heavy atom. The first kappa shape index (κ1) is 35.0. The highest BCUT2D eigenvalue weighted by atomic mass is 32.1.